The minimum atomic E-state index is 0.186. The first-order chi connectivity index (χ1) is 8.71. The van der Waals surface area contributed by atoms with E-state index in [0.29, 0.717) is 19.0 Å². The Morgan fingerprint density at radius 2 is 1.94 bits per heavy atom. The molecule has 0 aromatic heterocycles. The van der Waals surface area contributed by atoms with Crippen LogP contribution in [0.3, 0.4) is 0 Å². The third kappa shape index (κ3) is 5.38. The van der Waals surface area contributed by atoms with E-state index in [-0.39, 0.29) is 5.91 Å². The predicted molar refractivity (Wildman–Crippen MR) is 74.7 cm³/mol. The Balaban J connectivity index is 2.32. The third-order valence-electron chi connectivity index (χ3n) is 2.97. The lowest BCUT2D eigenvalue weighted by Gasteiger charge is -2.18. The number of carbonyl (C=O) groups is 1. The SMILES string of the molecule is CCNC(=NCCC(=O)N(CC)CC)NC1CC1. The Kier molecular flexibility index (Phi) is 6.54. The van der Waals surface area contributed by atoms with Gasteiger partial charge in [0, 0.05) is 32.1 Å². The highest BCUT2D eigenvalue weighted by atomic mass is 16.2. The topological polar surface area (TPSA) is 56.7 Å². The number of hydrogen-bond acceptors (Lipinski definition) is 2. The first kappa shape index (κ1) is 14.8. The van der Waals surface area contributed by atoms with Gasteiger partial charge in [-0.2, -0.15) is 0 Å². The first-order valence-electron chi connectivity index (χ1n) is 7.03. The summed E-state index contributed by atoms with van der Waals surface area (Å²) < 4.78 is 0. The van der Waals surface area contributed by atoms with Crippen LogP contribution in [0.5, 0.6) is 0 Å². The molecule has 0 atom stereocenters. The van der Waals surface area contributed by atoms with E-state index in [2.05, 4.69) is 15.6 Å². The van der Waals surface area contributed by atoms with E-state index in [4.69, 9.17) is 0 Å². The lowest BCUT2D eigenvalue weighted by atomic mass is 10.3. The van der Waals surface area contributed by atoms with Crippen LogP contribution in [0.15, 0.2) is 4.99 Å². The summed E-state index contributed by atoms with van der Waals surface area (Å²) in [5.74, 6) is 1.03. The molecule has 0 aromatic rings. The van der Waals surface area contributed by atoms with E-state index >= 15 is 0 Å². The average molecular weight is 254 g/mol. The molecule has 5 heteroatoms. The van der Waals surface area contributed by atoms with Crippen molar-refractivity contribution in [3.05, 3.63) is 0 Å². The fourth-order valence-corrected chi connectivity index (χ4v) is 1.74. The van der Waals surface area contributed by atoms with Crippen molar-refractivity contribution in [3.8, 4) is 0 Å². The van der Waals surface area contributed by atoms with E-state index in [0.717, 1.165) is 25.6 Å². The number of nitrogens with zero attached hydrogens (tertiary/aromatic N) is 2. The van der Waals surface area contributed by atoms with Gasteiger partial charge in [-0.3, -0.25) is 9.79 Å². The zero-order valence-corrected chi connectivity index (χ0v) is 11.8. The van der Waals surface area contributed by atoms with Gasteiger partial charge in [0.2, 0.25) is 5.91 Å². The maximum atomic E-state index is 11.8. The molecule has 104 valence electrons. The molecule has 1 rings (SSSR count). The van der Waals surface area contributed by atoms with Crippen LogP contribution < -0.4 is 10.6 Å². The predicted octanol–water partition coefficient (Wildman–Crippen LogP) is 0.962. The Bertz CT molecular complexity index is 283. The molecular formula is C13H26N4O. The van der Waals surface area contributed by atoms with E-state index in [1.54, 1.807) is 0 Å². The summed E-state index contributed by atoms with van der Waals surface area (Å²) in [5, 5.41) is 6.54. The lowest BCUT2D eigenvalue weighted by Crippen LogP contribution is -2.39. The molecule has 1 aliphatic rings. The van der Waals surface area contributed by atoms with Crippen molar-refractivity contribution >= 4 is 11.9 Å². The molecule has 18 heavy (non-hydrogen) atoms. The van der Waals surface area contributed by atoms with Gasteiger partial charge in [-0.1, -0.05) is 0 Å². The fourth-order valence-electron chi connectivity index (χ4n) is 1.74. The maximum Gasteiger partial charge on any atom is 0.224 e. The summed E-state index contributed by atoms with van der Waals surface area (Å²) in [5.41, 5.74) is 0. The van der Waals surface area contributed by atoms with Crippen molar-refractivity contribution in [2.75, 3.05) is 26.2 Å². The second kappa shape index (κ2) is 7.95. The van der Waals surface area contributed by atoms with Crippen molar-refractivity contribution < 1.29 is 4.79 Å². The Hall–Kier alpha value is -1.26. The molecule has 1 saturated carbocycles. The second-order valence-corrected chi connectivity index (χ2v) is 4.50. The molecule has 0 aromatic carbocycles. The van der Waals surface area contributed by atoms with Crippen LogP contribution in [0.4, 0.5) is 0 Å². The molecular weight excluding hydrogens is 228 g/mol. The van der Waals surface area contributed by atoms with E-state index < -0.39 is 0 Å². The molecule has 0 radical (unpaired) electrons. The summed E-state index contributed by atoms with van der Waals surface area (Å²) >= 11 is 0. The first-order valence-corrected chi connectivity index (χ1v) is 7.03. The second-order valence-electron chi connectivity index (χ2n) is 4.50. The van der Waals surface area contributed by atoms with Crippen LogP contribution in [0.2, 0.25) is 0 Å². The Morgan fingerprint density at radius 3 is 2.44 bits per heavy atom. The summed E-state index contributed by atoms with van der Waals surface area (Å²) in [6.07, 6.45) is 2.94. The number of guanidine groups is 1. The van der Waals surface area contributed by atoms with Gasteiger partial charge < -0.3 is 15.5 Å². The molecule has 1 aliphatic carbocycles. The molecule has 1 fully saturated rings. The van der Waals surface area contributed by atoms with Gasteiger partial charge in [-0.05, 0) is 33.6 Å². The third-order valence-corrected chi connectivity index (χ3v) is 2.97. The smallest absolute Gasteiger partial charge is 0.224 e. The molecule has 5 nitrogen and oxygen atoms in total. The Labute approximate surface area is 110 Å². The highest BCUT2D eigenvalue weighted by Crippen LogP contribution is 2.18. The van der Waals surface area contributed by atoms with Gasteiger partial charge in [0.15, 0.2) is 5.96 Å². The fraction of sp³-hybridized carbons (Fsp3) is 0.846. The molecule has 0 spiro atoms. The number of hydrogen-bond donors (Lipinski definition) is 2. The maximum absolute atomic E-state index is 11.8. The summed E-state index contributed by atoms with van der Waals surface area (Å²) in [6, 6.07) is 0.585. The quantitative estimate of drug-likeness (QED) is 0.525. The molecule has 0 saturated heterocycles. The van der Waals surface area contributed by atoms with Gasteiger partial charge in [0.1, 0.15) is 0 Å². The van der Waals surface area contributed by atoms with E-state index in [9.17, 15) is 4.79 Å². The molecule has 1 amide bonds. The van der Waals surface area contributed by atoms with Crippen LogP contribution in [0.25, 0.3) is 0 Å². The van der Waals surface area contributed by atoms with Crippen LogP contribution in [0.1, 0.15) is 40.0 Å². The van der Waals surface area contributed by atoms with Gasteiger partial charge in [0.25, 0.3) is 0 Å². The Morgan fingerprint density at radius 1 is 1.28 bits per heavy atom. The van der Waals surface area contributed by atoms with Crippen LogP contribution >= 0.6 is 0 Å². The zero-order valence-electron chi connectivity index (χ0n) is 11.8. The highest BCUT2D eigenvalue weighted by Gasteiger charge is 2.22. The van der Waals surface area contributed by atoms with Gasteiger partial charge in [-0.25, -0.2) is 0 Å². The van der Waals surface area contributed by atoms with E-state index in [1.165, 1.54) is 12.8 Å². The van der Waals surface area contributed by atoms with Crippen LogP contribution in [-0.4, -0.2) is 49.0 Å². The van der Waals surface area contributed by atoms with Crippen LogP contribution in [0, 0.1) is 0 Å². The zero-order chi connectivity index (χ0) is 13.4. The minimum Gasteiger partial charge on any atom is -0.357 e. The molecule has 0 bridgehead atoms. The molecule has 0 heterocycles. The number of amides is 1. The van der Waals surface area contributed by atoms with Crippen molar-refractivity contribution in [3.63, 3.8) is 0 Å². The van der Waals surface area contributed by atoms with Crippen molar-refractivity contribution in [2.45, 2.75) is 46.1 Å². The number of aliphatic imine (C=N–C) groups is 1. The monoisotopic (exact) mass is 254 g/mol. The number of rotatable bonds is 7. The summed E-state index contributed by atoms with van der Waals surface area (Å²) in [4.78, 5) is 18.1. The van der Waals surface area contributed by atoms with Gasteiger partial charge in [-0.15, -0.1) is 0 Å². The van der Waals surface area contributed by atoms with Crippen molar-refractivity contribution in [2.24, 2.45) is 4.99 Å². The molecule has 0 aliphatic heterocycles. The largest absolute Gasteiger partial charge is 0.357 e. The number of carbonyl (C=O) groups excluding carboxylic acids is 1. The summed E-state index contributed by atoms with van der Waals surface area (Å²) in [7, 11) is 0. The lowest BCUT2D eigenvalue weighted by molar-refractivity contribution is -0.130. The molecule has 2 N–H and O–H groups in total. The standard InChI is InChI=1S/C13H26N4O/c1-4-14-13(16-11-7-8-11)15-10-9-12(18)17(5-2)6-3/h11H,4-10H2,1-3H3,(H2,14,15,16). The van der Waals surface area contributed by atoms with Crippen molar-refractivity contribution in [1.82, 2.24) is 15.5 Å². The minimum absolute atomic E-state index is 0.186. The van der Waals surface area contributed by atoms with Crippen LogP contribution in [-0.2, 0) is 4.79 Å². The molecule has 0 unspecified atom stereocenters. The van der Waals surface area contributed by atoms with Crippen molar-refractivity contribution in [1.29, 1.82) is 0 Å². The van der Waals surface area contributed by atoms with Gasteiger partial charge >= 0.3 is 0 Å². The average Bonchev–Trinajstić information content (AvgIpc) is 3.15. The van der Waals surface area contributed by atoms with Gasteiger partial charge in [0.05, 0.1) is 6.54 Å². The normalized spacial score (nSPS) is 15.4. The highest BCUT2D eigenvalue weighted by molar-refractivity contribution is 5.81. The summed E-state index contributed by atoms with van der Waals surface area (Å²) in [6.45, 7) is 9.01. The van der Waals surface area contributed by atoms with E-state index in [1.807, 2.05) is 25.7 Å². The number of nitrogens with one attached hydrogen (secondary N) is 2.